The Balaban J connectivity index is 1.43. The number of hydrogen-bond donors (Lipinski definition) is 2. The Hall–Kier alpha value is -3.68. The van der Waals surface area contributed by atoms with E-state index in [4.69, 9.17) is 9.47 Å². The zero-order chi connectivity index (χ0) is 27.4. The molecule has 39 heavy (non-hydrogen) atoms. The molecule has 0 spiro atoms. The lowest BCUT2D eigenvalue weighted by Gasteiger charge is -2.38. The van der Waals surface area contributed by atoms with Crippen molar-refractivity contribution in [1.29, 1.82) is 0 Å². The van der Waals surface area contributed by atoms with Crippen molar-refractivity contribution in [3.8, 4) is 5.75 Å². The van der Waals surface area contributed by atoms with Gasteiger partial charge in [-0.05, 0) is 54.9 Å². The third-order valence-electron chi connectivity index (χ3n) is 7.76. The third-order valence-corrected chi connectivity index (χ3v) is 7.76. The lowest BCUT2D eigenvalue weighted by Crippen LogP contribution is -2.51. The first-order valence-electron chi connectivity index (χ1n) is 13.6. The molecule has 2 atom stereocenters. The van der Waals surface area contributed by atoms with Crippen molar-refractivity contribution in [2.45, 2.75) is 76.5 Å². The van der Waals surface area contributed by atoms with Crippen LogP contribution in [0.5, 0.6) is 5.75 Å². The zero-order valence-corrected chi connectivity index (χ0v) is 22.2. The Morgan fingerprint density at radius 1 is 0.949 bits per heavy atom. The van der Waals surface area contributed by atoms with E-state index in [1.54, 1.807) is 0 Å². The largest absolute Gasteiger partial charge is 0.488 e. The molecular formula is C32H35NO6. The van der Waals surface area contributed by atoms with Crippen LogP contribution in [0, 0.1) is 6.92 Å². The number of carboxylic acid groups (broad SMARTS) is 1. The second-order valence-electron chi connectivity index (χ2n) is 10.5. The monoisotopic (exact) mass is 529 g/mol. The van der Waals surface area contributed by atoms with Gasteiger partial charge in [0, 0.05) is 18.5 Å². The summed E-state index contributed by atoms with van der Waals surface area (Å²) in [4.78, 5) is 28.1. The Labute approximate surface area is 229 Å². The maximum Gasteiger partial charge on any atom is 0.326 e. The topological polar surface area (TPSA) is 96.3 Å². The molecule has 0 bridgehead atoms. The zero-order valence-electron chi connectivity index (χ0n) is 22.2. The van der Waals surface area contributed by atoms with Crippen LogP contribution in [-0.2, 0) is 33.9 Å². The number of carboxylic acids is 1. The van der Waals surface area contributed by atoms with Crippen molar-refractivity contribution < 1.29 is 29.3 Å². The second-order valence-corrected chi connectivity index (χ2v) is 10.5. The number of nitrogens with zero attached hydrogens (tertiary/aromatic N) is 1. The van der Waals surface area contributed by atoms with Crippen molar-refractivity contribution >= 4 is 11.9 Å². The number of carbonyl (C=O) groups is 2. The number of aliphatic carboxylic acids is 1. The van der Waals surface area contributed by atoms with Crippen LogP contribution in [0.15, 0.2) is 72.8 Å². The summed E-state index contributed by atoms with van der Waals surface area (Å²) in [5, 5.41) is 20.2. The number of ether oxygens (including phenoxy) is 2. The summed E-state index contributed by atoms with van der Waals surface area (Å²) in [5.74, 6) is -0.735. The summed E-state index contributed by atoms with van der Waals surface area (Å²) >= 11 is 0. The van der Waals surface area contributed by atoms with Gasteiger partial charge in [-0.25, -0.2) is 4.79 Å². The van der Waals surface area contributed by atoms with E-state index in [-0.39, 0.29) is 31.1 Å². The first kappa shape index (κ1) is 26.9. The maximum absolute atomic E-state index is 14.1. The fourth-order valence-corrected chi connectivity index (χ4v) is 5.57. The minimum absolute atomic E-state index is 0.152. The van der Waals surface area contributed by atoms with Gasteiger partial charge < -0.3 is 24.6 Å². The number of hydrogen-bond acceptors (Lipinski definition) is 5. The van der Waals surface area contributed by atoms with Gasteiger partial charge in [0.1, 0.15) is 18.4 Å². The van der Waals surface area contributed by atoms with Gasteiger partial charge in [0.15, 0.2) is 6.10 Å². The molecular weight excluding hydrogens is 494 g/mol. The number of carbonyl (C=O) groups excluding carboxylic acids is 1. The molecule has 5 rings (SSSR count). The molecule has 1 heterocycles. The lowest BCUT2D eigenvalue weighted by atomic mass is 9.90. The molecule has 0 saturated heterocycles. The smallest absolute Gasteiger partial charge is 0.326 e. The lowest BCUT2D eigenvalue weighted by molar-refractivity contribution is -0.161. The van der Waals surface area contributed by atoms with Crippen LogP contribution in [-0.4, -0.2) is 45.2 Å². The van der Waals surface area contributed by atoms with Gasteiger partial charge in [0.2, 0.25) is 0 Å². The molecule has 0 unspecified atom stereocenters. The minimum atomic E-state index is -1.06. The number of aliphatic hydroxyl groups excluding tert-OH is 1. The van der Waals surface area contributed by atoms with Crippen LogP contribution in [0.2, 0.25) is 0 Å². The van der Waals surface area contributed by atoms with E-state index in [9.17, 15) is 19.8 Å². The SMILES string of the molecule is Cc1ccc2c(c1OCc1ccccc1)C[C@H](C(=O)O)N(C(=O)[C@H](OC1CCC(O)CC1)c1ccccc1)C2. The second kappa shape index (κ2) is 12.0. The molecule has 1 fully saturated rings. The van der Waals surface area contributed by atoms with Gasteiger partial charge in [-0.3, -0.25) is 4.79 Å². The van der Waals surface area contributed by atoms with Crippen molar-refractivity contribution in [3.63, 3.8) is 0 Å². The summed E-state index contributed by atoms with van der Waals surface area (Å²) in [6.07, 6.45) is 1.28. The van der Waals surface area contributed by atoms with E-state index in [0.717, 1.165) is 22.3 Å². The number of amides is 1. The average molecular weight is 530 g/mol. The molecule has 1 saturated carbocycles. The Bertz CT molecular complexity index is 1290. The molecule has 7 heteroatoms. The average Bonchev–Trinajstić information content (AvgIpc) is 2.96. The van der Waals surface area contributed by atoms with E-state index in [1.165, 1.54) is 4.90 Å². The van der Waals surface area contributed by atoms with Crippen molar-refractivity contribution in [1.82, 2.24) is 4.90 Å². The molecule has 1 aliphatic carbocycles. The van der Waals surface area contributed by atoms with Crippen molar-refractivity contribution in [2.75, 3.05) is 0 Å². The maximum atomic E-state index is 14.1. The van der Waals surface area contributed by atoms with Crippen LogP contribution >= 0.6 is 0 Å². The summed E-state index contributed by atoms with van der Waals surface area (Å²) < 4.78 is 12.6. The van der Waals surface area contributed by atoms with Gasteiger partial charge in [0.05, 0.1) is 12.2 Å². The molecule has 7 nitrogen and oxygen atoms in total. The molecule has 2 N–H and O–H groups in total. The molecule has 1 amide bonds. The van der Waals surface area contributed by atoms with Crippen LogP contribution in [0.25, 0.3) is 0 Å². The van der Waals surface area contributed by atoms with Crippen molar-refractivity contribution in [2.24, 2.45) is 0 Å². The number of rotatable bonds is 8. The van der Waals surface area contributed by atoms with Gasteiger partial charge in [-0.15, -0.1) is 0 Å². The van der Waals surface area contributed by atoms with Crippen LogP contribution in [0.4, 0.5) is 0 Å². The summed E-state index contributed by atoms with van der Waals surface area (Å²) in [6.45, 7) is 2.48. The van der Waals surface area contributed by atoms with Crippen LogP contribution in [0.3, 0.4) is 0 Å². The van der Waals surface area contributed by atoms with Gasteiger partial charge >= 0.3 is 5.97 Å². The highest BCUT2D eigenvalue weighted by atomic mass is 16.5. The quantitative estimate of drug-likeness (QED) is 0.428. The molecule has 0 aromatic heterocycles. The van der Waals surface area contributed by atoms with E-state index in [1.807, 2.05) is 79.7 Å². The highest BCUT2D eigenvalue weighted by molar-refractivity contribution is 5.88. The van der Waals surface area contributed by atoms with Crippen LogP contribution < -0.4 is 4.74 Å². The Kier molecular flexibility index (Phi) is 8.29. The molecule has 0 radical (unpaired) electrons. The van der Waals surface area contributed by atoms with Gasteiger partial charge in [-0.2, -0.15) is 0 Å². The minimum Gasteiger partial charge on any atom is -0.488 e. The predicted octanol–water partition coefficient (Wildman–Crippen LogP) is 4.97. The van der Waals surface area contributed by atoms with Crippen molar-refractivity contribution in [3.05, 3.63) is 101 Å². The first-order chi connectivity index (χ1) is 18.9. The van der Waals surface area contributed by atoms with E-state index >= 15 is 0 Å². The number of fused-ring (bicyclic) bond motifs is 1. The Morgan fingerprint density at radius 3 is 2.28 bits per heavy atom. The molecule has 2 aliphatic rings. The molecule has 204 valence electrons. The first-order valence-corrected chi connectivity index (χ1v) is 13.6. The highest BCUT2D eigenvalue weighted by Gasteiger charge is 2.40. The Morgan fingerprint density at radius 2 is 1.62 bits per heavy atom. The molecule has 3 aromatic rings. The number of aliphatic hydroxyl groups is 1. The number of aryl methyl sites for hydroxylation is 1. The standard InChI is InChI=1S/C32H35NO6/c1-21-12-13-24-19-33(28(32(36)37)18-27(24)29(21)38-20-22-8-4-2-5-9-22)31(35)30(23-10-6-3-7-11-23)39-26-16-14-25(34)15-17-26/h2-13,25-26,28,30,34H,14-20H2,1H3,(H,36,37)/t25?,26?,28-,30-/m1/s1. The normalized spacial score (nSPS) is 21.6. The number of benzene rings is 3. The molecule has 3 aromatic carbocycles. The van der Waals surface area contributed by atoms with E-state index in [2.05, 4.69) is 0 Å². The van der Waals surface area contributed by atoms with E-state index in [0.29, 0.717) is 43.6 Å². The summed E-state index contributed by atoms with van der Waals surface area (Å²) in [6, 6.07) is 22.0. The summed E-state index contributed by atoms with van der Waals surface area (Å²) in [5.41, 5.74) is 4.36. The summed E-state index contributed by atoms with van der Waals surface area (Å²) in [7, 11) is 0. The van der Waals surface area contributed by atoms with Crippen LogP contribution in [0.1, 0.15) is 59.6 Å². The molecule has 1 aliphatic heterocycles. The fourth-order valence-electron chi connectivity index (χ4n) is 5.57. The predicted molar refractivity (Wildman–Crippen MR) is 146 cm³/mol. The van der Waals surface area contributed by atoms with Gasteiger partial charge in [0.25, 0.3) is 5.91 Å². The fraction of sp³-hybridized carbons (Fsp3) is 0.375. The highest BCUT2D eigenvalue weighted by Crippen LogP contribution is 2.37. The van der Waals surface area contributed by atoms with E-state index < -0.39 is 18.1 Å². The third kappa shape index (κ3) is 6.15. The van der Waals surface area contributed by atoms with Gasteiger partial charge in [-0.1, -0.05) is 72.8 Å².